The molecule has 23 atom stereocenters. The molecule has 0 aliphatic carbocycles. The summed E-state index contributed by atoms with van der Waals surface area (Å²) in [6.07, 6.45) is -56.0. The molecule has 40 heteroatoms. The lowest BCUT2D eigenvalue weighted by Gasteiger charge is -2.52. The Balaban J connectivity index is 1.05. The number of ether oxygens (including phenoxy) is 23. The first-order valence-corrected chi connectivity index (χ1v) is 47.3. The molecule has 1 N–H and O–H groups in total. The topological polar surface area (TPSA) is 489 Å². The normalized spacial score (nSPS) is 23.9. The zero-order chi connectivity index (χ0) is 106. The summed E-state index contributed by atoms with van der Waals surface area (Å²) in [4.78, 5) is 222. The third-order valence-corrected chi connectivity index (χ3v) is 23.5. The van der Waals surface area contributed by atoms with Crippen molar-refractivity contribution in [2.75, 3.05) is 32.3 Å². The van der Waals surface area contributed by atoms with Crippen LogP contribution in [0.5, 0.6) is 0 Å². The maximum absolute atomic E-state index is 15.7. The van der Waals surface area contributed by atoms with E-state index in [2.05, 4.69) is 0 Å². The summed E-state index contributed by atoms with van der Waals surface area (Å²) < 4.78 is 151. The Morgan fingerprint density at radius 2 is 0.550 bits per heavy atom. The van der Waals surface area contributed by atoms with Crippen molar-refractivity contribution in [3.63, 3.8) is 0 Å². The van der Waals surface area contributed by atoms with Crippen LogP contribution in [0, 0.1) is 0 Å². The van der Waals surface area contributed by atoms with Crippen molar-refractivity contribution in [1.29, 1.82) is 0 Å². The van der Waals surface area contributed by atoms with Gasteiger partial charge >= 0.3 is 89.5 Å². The van der Waals surface area contributed by atoms with Gasteiger partial charge in [0.25, 0.3) is 0 Å². The van der Waals surface area contributed by atoms with Gasteiger partial charge in [-0.3, -0.25) is 28.8 Å². The van der Waals surface area contributed by atoms with E-state index in [9.17, 15) is 43.5 Å². The molecule has 10 aromatic rings. The maximum atomic E-state index is 15.7. The van der Waals surface area contributed by atoms with E-state index in [0.29, 0.717) is 5.56 Å². The van der Waals surface area contributed by atoms with Crippen LogP contribution in [-0.4, -0.2) is 268 Å². The molecule has 4 aliphatic heterocycles. The van der Waals surface area contributed by atoms with Gasteiger partial charge in [0.2, 0.25) is 0 Å². The molecule has 0 saturated carbocycles. The number of carbonyl (C=O) groups is 15. The minimum Gasteiger partial charge on any atom is -0.462 e. The van der Waals surface area contributed by atoms with Crippen LogP contribution < -0.4 is 0 Å². The number of benzene rings is 10. The second kappa shape index (κ2) is 53.0. The van der Waals surface area contributed by atoms with Gasteiger partial charge in [-0.05, 0) is 115 Å². The molecule has 0 amide bonds. The summed E-state index contributed by atoms with van der Waals surface area (Å²) in [5, 5.41) is 13.4. The summed E-state index contributed by atoms with van der Waals surface area (Å²) in [5.41, 5.74) is -1.36. The molecular weight excluding hydrogens is 1970 g/mol. The smallest absolute Gasteiger partial charge is 0.338 e. The summed E-state index contributed by atoms with van der Waals surface area (Å²) in [5.74, 6) is -19.3. The number of halogens is 1. The number of aliphatic hydroxyl groups excluding tert-OH is 1. The first-order chi connectivity index (χ1) is 72.0. The van der Waals surface area contributed by atoms with E-state index in [4.69, 9.17) is 121 Å². The van der Waals surface area contributed by atoms with Crippen LogP contribution in [0.25, 0.3) is 0 Å². The van der Waals surface area contributed by atoms with Crippen LogP contribution in [0.2, 0.25) is 0 Å². The van der Waals surface area contributed by atoms with Crippen LogP contribution >= 0.6 is 11.6 Å². The van der Waals surface area contributed by atoms with Crippen molar-refractivity contribution in [3.8, 4) is 0 Å². The van der Waals surface area contributed by atoms with E-state index >= 15 is 33.6 Å². The fourth-order valence-corrected chi connectivity index (χ4v) is 16.5. The molecule has 149 heavy (non-hydrogen) atoms. The van der Waals surface area contributed by atoms with Crippen molar-refractivity contribution in [3.05, 3.63) is 359 Å². The molecule has 0 aromatic heterocycles. The average Bonchev–Trinajstić information content (AvgIpc) is 0.747. The third-order valence-electron chi connectivity index (χ3n) is 23.2. The van der Waals surface area contributed by atoms with Crippen molar-refractivity contribution in [1.82, 2.24) is 0 Å². The molecule has 4 saturated heterocycles. The van der Waals surface area contributed by atoms with Crippen molar-refractivity contribution in [2.24, 2.45) is 0 Å². The van der Waals surface area contributed by atoms with E-state index in [1.165, 1.54) is 231 Å². The Kier molecular flexibility index (Phi) is 38.7. The highest BCUT2D eigenvalue weighted by Crippen LogP contribution is 2.44. The first kappa shape index (κ1) is 109. The summed E-state index contributed by atoms with van der Waals surface area (Å²) in [6.45, 7) is -0.583. The van der Waals surface area contributed by atoms with Crippen LogP contribution in [0.1, 0.15) is 133 Å². The van der Waals surface area contributed by atoms with Crippen LogP contribution in [0.4, 0.5) is 0 Å². The van der Waals surface area contributed by atoms with E-state index in [0.717, 1.165) is 34.6 Å². The Labute approximate surface area is 856 Å². The highest BCUT2D eigenvalue weighted by Gasteiger charge is 2.65. The average molecular weight is 2070 g/mol. The lowest BCUT2D eigenvalue weighted by molar-refractivity contribution is -0.406. The molecule has 14 rings (SSSR count). The number of hydrogen-bond acceptors (Lipinski definition) is 39. The highest BCUT2D eigenvalue weighted by atomic mass is 35.5. The third kappa shape index (κ3) is 29.6. The number of hydrogen-bond donors (Lipinski definition) is 1. The van der Waals surface area contributed by atoms with Crippen molar-refractivity contribution >= 4 is 101 Å². The quantitative estimate of drug-likeness (QED) is 0.0211. The number of aliphatic hydroxyl groups is 1. The molecule has 4 aliphatic rings. The fraction of sp³-hybridized carbons (Fsp3) is 0.312. The summed E-state index contributed by atoms with van der Waals surface area (Å²) >= 11 is 6.25. The lowest BCUT2D eigenvalue weighted by atomic mass is 9.91. The zero-order valence-corrected chi connectivity index (χ0v) is 81.0. The molecule has 10 aromatic carbocycles. The minimum atomic E-state index is -2.84. The van der Waals surface area contributed by atoms with E-state index in [1.807, 2.05) is 0 Å². The molecular formula is C109H101ClO39. The predicted octanol–water partition coefficient (Wildman–Crippen LogP) is 11.0. The van der Waals surface area contributed by atoms with Gasteiger partial charge in [-0.1, -0.05) is 194 Å². The number of alkyl halides is 1. The van der Waals surface area contributed by atoms with E-state index in [1.54, 1.807) is 72.8 Å². The van der Waals surface area contributed by atoms with Crippen LogP contribution in [0.15, 0.2) is 303 Å². The molecule has 4 fully saturated rings. The van der Waals surface area contributed by atoms with Gasteiger partial charge < -0.3 is 114 Å². The zero-order valence-electron chi connectivity index (χ0n) is 80.2. The lowest BCUT2D eigenvalue weighted by Crippen LogP contribution is -2.71. The largest absolute Gasteiger partial charge is 0.462 e. The van der Waals surface area contributed by atoms with Gasteiger partial charge in [-0.2, -0.15) is 0 Å². The maximum Gasteiger partial charge on any atom is 0.338 e. The monoisotopic (exact) mass is 2070 g/mol. The van der Waals surface area contributed by atoms with Gasteiger partial charge in [0.15, 0.2) is 98.4 Å². The number of rotatable bonds is 41. The highest BCUT2D eigenvalue weighted by molar-refractivity contribution is 6.26. The van der Waals surface area contributed by atoms with E-state index in [-0.39, 0.29) is 50.1 Å². The predicted molar refractivity (Wildman–Crippen MR) is 510 cm³/mol. The fourth-order valence-electron chi connectivity index (χ4n) is 16.5. The van der Waals surface area contributed by atoms with Crippen molar-refractivity contribution in [2.45, 2.75) is 182 Å². The number of esters is 15. The minimum absolute atomic E-state index is 0.0597. The van der Waals surface area contributed by atoms with Crippen molar-refractivity contribution < 1.29 is 186 Å². The number of carbonyl (C=O) groups excluding carboxylic acids is 15. The first-order valence-electron chi connectivity index (χ1n) is 46.8. The molecule has 4 heterocycles. The van der Waals surface area contributed by atoms with Gasteiger partial charge in [-0.15, -0.1) is 11.6 Å². The van der Waals surface area contributed by atoms with Crippen LogP contribution in [-0.2, 0) is 144 Å². The second-order valence-corrected chi connectivity index (χ2v) is 34.0. The van der Waals surface area contributed by atoms with Gasteiger partial charge in [0, 0.05) is 34.6 Å². The molecule has 0 radical (unpaired) electrons. The van der Waals surface area contributed by atoms with Gasteiger partial charge in [-0.25, -0.2) is 43.2 Å². The summed E-state index contributed by atoms with van der Waals surface area (Å²) in [7, 11) is 0. The molecule has 0 bridgehead atoms. The summed E-state index contributed by atoms with van der Waals surface area (Å²) in [6, 6.07) is 72.2. The molecule has 778 valence electrons. The Bertz CT molecular complexity index is 6210. The Hall–Kier alpha value is -15.8. The second-order valence-electron chi connectivity index (χ2n) is 33.8. The van der Waals surface area contributed by atoms with Gasteiger partial charge in [0.1, 0.15) is 75.0 Å². The molecule has 39 nitrogen and oxygen atoms in total. The Morgan fingerprint density at radius 3 is 0.940 bits per heavy atom. The Morgan fingerprint density at radius 1 is 0.262 bits per heavy atom. The van der Waals surface area contributed by atoms with Crippen LogP contribution in [0.3, 0.4) is 0 Å². The van der Waals surface area contributed by atoms with E-state index < -0.39 is 270 Å². The standard InChI is InChI=1S/C109H101ClO39/c1-62(111)127-58-77(132-64(3)113)82-88(147-107-94(143-104(124)75-52-32-14-33-53-75)89(141-102(122)73-48-28-12-29-49-73)83(138-100(120)71-44-24-10-25-45-71)80(137-107)61-131-98(118)69-40-20-8-21-41-69)90(93(106(126)139-82)129-57-67-36-16-6-17-37-67)148-109-96(91(134-66(5)115)86(133-65(4)114)84(145-109)78(59-128-63(2)112)135-81(116)56-110)149-108-95(144-105(125)76-54-34-15-35-55-76)92(142-103(123)74-50-30-13-31-51-74)87(140-101(121)72-46-26-11-27-47-72)85(146-108)79(136-99(119)70-42-22-9-23-43-70)60-130-97(117)68-38-18-7-19-39-68/h6-55,77-80,82-96,106-109,126H,56-61H2,1-5H3/t77-,78-,79-,80+,82+,83+,84+,85+,86+,87+,88+,89-,90-,91-,92-,93-,94+,95-,96-,106-,107-,108+,109+/m0/s1. The van der Waals surface area contributed by atoms with Gasteiger partial charge in [0.05, 0.1) is 56.7 Å². The molecule has 0 spiro atoms. The molecule has 0 unspecified atom stereocenters. The SMILES string of the molecule is CC(=O)OC[C@H](OC(=O)CCl)[C@H]1O[C@H](O[C@H]2[C@H](O[C@@H]3O[C@H](COC(=O)c4ccccc4)[C@@H](OC(=O)c4ccccc4)[C@H](OC(=O)c4ccccc4)[C@H]3OC(=O)c3ccccc3)[C@@H]([C@H](COC(C)=O)OC(C)=O)O[C@H](O)[C@H]2OCc2ccccc2)[C@@H](O[C@H]2O[C@H]([C@H](COC(=O)c3ccccc3)OC(=O)c3ccccc3)[C@@H](OC(=O)c3ccccc3)[C@H](OC(=O)c3ccccc3)[C@@H]2OC(=O)c2ccccc2)[C@@H](OC(C)=O)[C@@H]1OC(C)=O.